The first kappa shape index (κ1) is 19.4. The maximum atomic E-state index is 14.1. The van der Waals surface area contributed by atoms with Crippen molar-refractivity contribution in [1.29, 1.82) is 0 Å². The van der Waals surface area contributed by atoms with E-state index < -0.39 is 38.9 Å². The van der Waals surface area contributed by atoms with Crippen molar-refractivity contribution in [2.45, 2.75) is 4.90 Å². The minimum Gasteiger partial charge on any atom is -0.465 e. The number of methoxy groups -OCH3 is 1. The molecule has 3 aromatic rings. The van der Waals surface area contributed by atoms with Crippen molar-refractivity contribution in [3.05, 3.63) is 72.3 Å². The fraction of sp³-hybridized carbons (Fsp3) is 0.0556. The number of rotatable bonds is 5. The normalized spacial score (nSPS) is 11.1. The summed E-state index contributed by atoms with van der Waals surface area (Å²) in [5, 5.41) is 0. The third kappa shape index (κ3) is 3.96. The lowest BCUT2D eigenvalue weighted by atomic mass is 10.1. The first-order valence-corrected chi connectivity index (χ1v) is 9.26. The molecule has 0 radical (unpaired) electrons. The number of esters is 1. The summed E-state index contributed by atoms with van der Waals surface area (Å²) >= 11 is 0. The molecule has 0 saturated heterocycles. The van der Waals surface area contributed by atoms with Gasteiger partial charge in [-0.3, -0.25) is 4.72 Å². The van der Waals surface area contributed by atoms with Gasteiger partial charge in [0, 0.05) is 24.0 Å². The molecule has 0 bridgehead atoms. The Morgan fingerprint density at radius 3 is 2.25 bits per heavy atom. The van der Waals surface area contributed by atoms with E-state index in [0.717, 1.165) is 7.11 Å². The van der Waals surface area contributed by atoms with Gasteiger partial charge in [-0.25, -0.2) is 32.0 Å². The zero-order chi connectivity index (χ0) is 20.3. The first-order chi connectivity index (χ1) is 13.3. The fourth-order valence-corrected chi connectivity index (χ4v) is 3.43. The maximum Gasteiger partial charge on any atom is 0.340 e. The number of aromatic nitrogens is 2. The number of carbonyl (C=O) groups is 1. The van der Waals surface area contributed by atoms with E-state index in [1.807, 2.05) is 4.72 Å². The maximum absolute atomic E-state index is 14.1. The molecule has 0 aliphatic rings. The molecule has 1 N–H and O–H groups in total. The van der Waals surface area contributed by atoms with Gasteiger partial charge in [0.2, 0.25) is 0 Å². The molecule has 10 heteroatoms. The molecule has 2 aromatic carbocycles. The lowest BCUT2D eigenvalue weighted by molar-refractivity contribution is 0.0595. The van der Waals surface area contributed by atoms with Crippen molar-refractivity contribution in [2.24, 2.45) is 0 Å². The Morgan fingerprint density at radius 2 is 1.64 bits per heavy atom. The van der Waals surface area contributed by atoms with Crippen LogP contribution in [-0.2, 0) is 14.8 Å². The highest BCUT2D eigenvalue weighted by atomic mass is 32.2. The van der Waals surface area contributed by atoms with Gasteiger partial charge in [-0.15, -0.1) is 0 Å². The Labute approximate surface area is 159 Å². The Balaban J connectivity index is 1.88. The average molecular weight is 405 g/mol. The monoisotopic (exact) mass is 405 g/mol. The second kappa shape index (κ2) is 7.69. The number of carbonyl (C=O) groups excluding carboxylic acids is 1. The minimum atomic E-state index is -4.19. The van der Waals surface area contributed by atoms with E-state index in [4.69, 9.17) is 0 Å². The summed E-state index contributed by atoms with van der Waals surface area (Å²) in [5.41, 5.74) is 0.0909. The summed E-state index contributed by atoms with van der Waals surface area (Å²) in [6, 6.07) is 6.82. The van der Waals surface area contributed by atoms with E-state index in [9.17, 15) is 22.0 Å². The second-order valence-electron chi connectivity index (χ2n) is 5.56. The van der Waals surface area contributed by atoms with Gasteiger partial charge >= 0.3 is 5.97 Å². The van der Waals surface area contributed by atoms with Crippen LogP contribution in [0.2, 0.25) is 0 Å². The average Bonchev–Trinajstić information content (AvgIpc) is 2.70. The molecule has 28 heavy (non-hydrogen) atoms. The van der Waals surface area contributed by atoms with Gasteiger partial charge in [0.1, 0.15) is 18.0 Å². The van der Waals surface area contributed by atoms with Crippen LogP contribution in [-0.4, -0.2) is 31.5 Å². The molecule has 0 unspecified atom stereocenters. The smallest absolute Gasteiger partial charge is 0.340 e. The van der Waals surface area contributed by atoms with E-state index in [0.29, 0.717) is 23.3 Å². The SMILES string of the molecule is COC(=O)c1cc(F)c(NS(=O)(=O)c2ccc(-c3cncnc3)cc2)cc1F. The summed E-state index contributed by atoms with van der Waals surface area (Å²) in [4.78, 5) is 19.0. The second-order valence-corrected chi connectivity index (χ2v) is 7.24. The van der Waals surface area contributed by atoms with E-state index in [1.54, 1.807) is 12.4 Å². The van der Waals surface area contributed by atoms with Crippen LogP contribution in [0, 0.1) is 11.6 Å². The van der Waals surface area contributed by atoms with Crippen molar-refractivity contribution in [2.75, 3.05) is 11.8 Å². The largest absolute Gasteiger partial charge is 0.465 e. The van der Waals surface area contributed by atoms with Gasteiger partial charge in [0.05, 0.1) is 23.3 Å². The molecule has 0 amide bonds. The Hall–Kier alpha value is -3.40. The number of nitrogens with zero attached hydrogens (tertiary/aromatic N) is 2. The molecule has 144 valence electrons. The third-order valence-electron chi connectivity index (χ3n) is 3.76. The number of halogens is 2. The van der Waals surface area contributed by atoms with Gasteiger partial charge in [-0.1, -0.05) is 12.1 Å². The molecular formula is C18H13F2N3O4S. The Morgan fingerprint density at radius 1 is 1.00 bits per heavy atom. The van der Waals surface area contributed by atoms with Crippen molar-refractivity contribution >= 4 is 21.7 Å². The molecule has 1 heterocycles. The van der Waals surface area contributed by atoms with Gasteiger partial charge < -0.3 is 4.74 Å². The molecule has 3 rings (SSSR count). The summed E-state index contributed by atoms with van der Waals surface area (Å²) in [6.07, 6.45) is 4.50. The van der Waals surface area contributed by atoms with Crippen LogP contribution in [0.5, 0.6) is 0 Å². The van der Waals surface area contributed by atoms with Crippen LogP contribution in [0.15, 0.2) is 60.0 Å². The lowest BCUT2D eigenvalue weighted by Crippen LogP contribution is -2.15. The van der Waals surface area contributed by atoms with Crippen molar-refractivity contribution < 1.29 is 26.7 Å². The fourth-order valence-electron chi connectivity index (χ4n) is 2.37. The number of anilines is 1. The standard InChI is InChI=1S/C18H13F2N3O4S/c1-27-18(24)14-6-16(20)17(7-15(14)19)23-28(25,26)13-4-2-11(3-5-13)12-8-21-10-22-9-12/h2-10,23H,1H3. The molecule has 0 atom stereocenters. The molecule has 0 saturated carbocycles. The predicted octanol–water partition coefficient (Wildman–Crippen LogP) is 3.01. The molecular weight excluding hydrogens is 392 g/mol. The van der Waals surface area contributed by atoms with Crippen molar-refractivity contribution in [3.63, 3.8) is 0 Å². The molecule has 0 spiro atoms. The number of ether oxygens (including phenoxy) is 1. The number of hydrogen-bond donors (Lipinski definition) is 1. The number of nitrogens with one attached hydrogen (secondary N) is 1. The van der Waals surface area contributed by atoms with E-state index in [1.165, 1.54) is 30.6 Å². The molecule has 0 aliphatic carbocycles. The van der Waals surface area contributed by atoms with Crippen molar-refractivity contribution in [1.82, 2.24) is 9.97 Å². The van der Waals surface area contributed by atoms with E-state index in [-0.39, 0.29) is 4.90 Å². The van der Waals surface area contributed by atoms with Crippen LogP contribution < -0.4 is 4.72 Å². The van der Waals surface area contributed by atoms with E-state index in [2.05, 4.69) is 14.7 Å². The van der Waals surface area contributed by atoms with Crippen LogP contribution in [0.3, 0.4) is 0 Å². The third-order valence-corrected chi connectivity index (χ3v) is 5.15. The summed E-state index contributed by atoms with van der Waals surface area (Å²) in [5.74, 6) is -3.32. The molecule has 0 fully saturated rings. The van der Waals surface area contributed by atoms with Gasteiger partial charge in [0.15, 0.2) is 0 Å². The number of hydrogen-bond acceptors (Lipinski definition) is 6. The number of benzene rings is 2. The molecule has 7 nitrogen and oxygen atoms in total. The van der Waals surface area contributed by atoms with E-state index >= 15 is 0 Å². The van der Waals surface area contributed by atoms with Crippen LogP contribution >= 0.6 is 0 Å². The predicted molar refractivity (Wildman–Crippen MR) is 96.0 cm³/mol. The zero-order valence-corrected chi connectivity index (χ0v) is 15.2. The highest BCUT2D eigenvalue weighted by Gasteiger charge is 2.21. The molecule has 0 aliphatic heterocycles. The summed E-state index contributed by atoms with van der Waals surface area (Å²) in [7, 11) is -3.18. The highest BCUT2D eigenvalue weighted by molar-refractivity contribution is 7.92. The van der Waals surface area contributed by atoms with Crippen LogP contribution in [0.4, 0.5) is 14.5 Å². The van der Waals surface area contributed by atoms with Gasteiger partial charge in [0.25, 0.3) is 10.0 Å². The quantitative estimate of drug-likeness (QED) is 0.656. The Kier molecular flexibility index (Phi) is 5.32. The number of sulfonamides is 1. The molecule has 1 aromatic heterocycles. The van der Waals surface area contributed by atoms with Gasteiger partial charge in [-0.2, -0.15) is 0 Å². The Bertz CT molecular complexity index is 1120. The summed E-state index contributed by atoms with van der Waals surface area (Å²) in [6.45, 7) is 0. The zero-order valence-electron chi connectivity index (χ0n) is 14.4. The van der Waals surface area contributed by atoms with Crippen molar-refractivity contribution in [3.8, 4) is 11.1 Å². The highest BCUT2D eigenvalue weighted by Crippen LogP contribution is 2.25. The van der Waals surface area contributed by atoms with Crippen LogP contribution in [0.1, 0.15) is 10.4 Å². The lowest BCUT2D eigenvalue weighted by Gasteiger charge is -2.11. The minimum absolute atomic E-state index is 0.162. The van der Waals surface area contributed by atoms with Crippen LogP contribution in [0.25, 0.3) is 11.1 Å². The van der Waals surface area contributed by atoms with Gasteiger partial charge in [-0.05, 0) is 23.8 Å². The topological polar surface area (TPSA) is 98.2 Å². The summed E-state index contributed by atoms with van der Waals surface area (Å²) < 4.78 is 59.4. The first-order valence-electron chi connectivity index (χ1n) is 7.77.